The van der Waals surface area contributed by atoms with Crippen molar-refractivity contribution in [1.82, 2.24) is 4.90 Å². The van der Waals surface area contributed by atoms with E-state index in [0.29, 0.717) is 6.61 Å². The number of unbranched alkanes of at least 4 members (excludes halogenated alkanes) is 22. The van der Waals surface area contributed by atoms with Crippen LogP contribution in [0.2, 0.25) is 0 Å². The Morgan fingerprint density at radius 3 is 1.14 bits per heavy atom. The van der Waals surface area contributed by atoms with Crippen LogP contribution < -0.4 is 0 Å². The summed E-state index contributed by atoms with van der Waals surface area (Å²) in [6.07, 6.45) is 46.1. The summed E-state index contributed by atoms with van der Waals surface area (Å²) in [5, 5.41) is 11.3. The Kier molecular flexibility index (Phi) is 33.7. The third kappa shape index (κ3) is 34.1. The van der Waals surface area contributed by atoms with Crippen LogP contribution in [0.3, 0.4) is 0 Å². The van der Waals surface area contributed by atoms with Crippen LogP contribution >= 0.6 is 0 Å². The van der Waals surface area contributed by atoms with Gasteiger partial charge < -0.3 is 14.7 Å². The van der Waals surface area contributed by atoms with Crippen molar-refractivity contribution in [3.05, 3.63) is 24.3 Å². The largest absolute Gasteiger partial charge is 0.365 e. The zero-order valence-electron chi connectivity index (χ0n) is 30.0. The van der Waals surface area contributed by atoms with Gasteiger partial charge in [0.1, 0.15) is 0 Å². The Bertz CT molecular complexity index is 545. The molecule has 0 aliphatic carbocycles. The molecule has 0 saturated heterocycles. The maximum atomic E-state index is 11.3. The molecule has 3 heteroatoms. The lowest BCUT2D eigenvalue weighted by atomic mass is 9.98. The predicted octanol–water partition coefficient (Wildman–Crippen LogP) is 12.7. The first-order valence-corrected chi connectivity index (χ1v) is 19.3. The third-order valence-electron chi connectivity index (χ3n) is 8.78. The Hall–Kier alpha value is -0.640. The lowest BCUT2D eigenvalue weighted by molar-refractivity contribution is -0.214. The molecule has 0 aromatic carbocycles. The van der Waals surface area contributed by atoms with Crippen molar-refractivity contribution in [1.29, 1.82) is 0 Å². The summed E-state index contributed by atoms with van der Waals surface area (Å²) in [6.45, 7) is 6.24. The molecule has 0 aromatic heterocycles. The highest BCUT2D eigenvalue weighted by atomic mass is 16.6. The predicted molar refractivity (Wildman–Crippen MR) is 193 cm³/mol. The molecule has 0 atom stereocenters. The molecule has 0 aromatic rings. The molecule has 0 aliphatic rings. The molecular weight excluding hydrogens is 526 g/mol. The lowest BCUT2D eigenvalue weighted by Crippen LogP contribution is -2.33. The molecule has 43 heavy (non-hydrogen) atoms. The standard InChI is InChI=1S/C40H79NO2/c1-5-7-9-11-13-15-17-19-21-23-25-27-29-31-33-36-40(42,43-39-35-38-41(3)4)37-34-32-30-28-26-24-22-20-18-16-14-12-10-8-6-2/h17-20,42H,5-16,21-39H2,1-4H3/b19-17-,20-18-. The maximum absolute atomic E-state index is 11.3. The molecule has 0 spiro atoms. The normalized spacial score (nSPS) is 12.5. The SMILES string of the molecule is CCCCCCC/C=C\CCCCCCCCC(O)(CCCCCCCC/C=C\CCCCCCC)OCCCN(C)C. The van der Waals surface area contributed by atoms with E-state index in [4.69, 9.17) is 4.74 Å². The fourth-order valence-corrected chi connectivity index (χ4v) is 5.86. The van der Waals surface area contributed by atoms with Gasteiger partial charge in [-0.05, 0) is 91.3 Å². The minimum absolute atomic E-state index is 0.660. The van der Waals surface area contributed by atoms with Gasteiger partial charge >= 0.3 is 0 Å². The molecule has 256 valence electrons. The van der Waals surface area contributed by atoms with Crippen LogP contribution in [-0.2, 0) is 4.74 Å². The highest BCUT2D eigenvalue weighted by Gasteiger charge is 2.26. The molecule has 3 nitrogen and oxygen atoms in total. The number of ether oxygens (including phenoxy) is 1. The highest BCUT2D eigenvalue weighted by Crippen LogP contribution is 2.25. The van der Waals surface area contributed by atoms with Gasteiger partial charge in [0.15, 0.2) is 5.79 Å². The van der Waals surface area contributed by atoms with Gasteiger partial charge in [-0.3, -0.25) is 0 Å². The average Bonchev–Trinajstić information content (AvgIpc) is 2.99. The van der Waals surface area contributed by atoms with Crippen molar-refractivity contribution >= 4 is 0 Å². The molecule has 1 N–H and O–H groups in total. The summed E-state index contributed by atoms with van der Waals surface area (Å²) in [7, 11) is 4.20. The number of hydrogen-bond donors (Lipinski definition) is 1. The summed E-state index contributed by atoms with van der Waals surface area (Å²) < 4.78 is 6.13. The number of aliphatic hydroxyl groups is 1. The first-order valence-electron chi connectivity index (χ1n) is 19.3. The van der Waals surface area contributed by atoms with E-state index in [1.807, 2.05) is 0 Å². The van der Waals surface area contributed by atoms with Crippen LogP contribution in [0.25, 0.3) is 0 Å². The van der Waals surface area contributed by atoms with Gasteiger partial charge in [-0.2, -0.15) is 0 Å². The van der Waals surface area contributed by atoms with Gasteiger partial charge in [0.05, 0.1) is 6.61 Å². The molecule has 0 bridgehead atoms. The molecular formula is C40H79NO2. The van der Waals surface area contributed by atoms with E-state index >= 15 is 0 Å². The molecule has 0 radical (unpaired) electrons. The Balaban J connectivity index is 3.94. The zero-order chi connectivity index (χ0) is 31.5. The molecule has 0 heterocycles. The minimum atomic E-state index is -0.922. The maximum Gasteiger partial charge on any atom is 0.165 e. The van der Waals surface area contributed by atoms with E-state index in [2.05, 4.69) is 57.1 Å². The molecule has 0 saturated carbocycles. The lowest BCUT2D eigenvalue weighted by Gasteiger charge is -2.29. The van der Waals surface area contributed by atoms with Gasteiger partial charge in [0, 0.05) is 12.8 Å². The van der Waals surface area contributed by atoms with Crippen molar-refractivity contribution in [2.24, 2.45) is 0 Å². The van der Waals surface area contributed by atoms with Gasteiger partial charge in [-0.1, -0.05) is 141 Å². The Morgan fingerprint density at radius 2 is 0.791 bits per heavy atom. The molecule has 0 rings (SSSR count). The second-order valence-corrected chi connectivity index (χ2v) is 13.6. The van der Waals surface area contributed by atoms with Gasteiger partial charge in [0.25, 0.3) is 0 Å². The van der Waals surface area contributed by atoms with Crippen LogP contribution in [-0.4, -0.2) is 43.0 Å². The Labute approximate surface area is 271 Å². The Morgan fingerprint density at radius 1 is 0.465 bits per heavy atom. The number of hydrogen-bond acceptors (Lipinski definition) is 3. The van der Waals surface area contributed by atoms with Gasteiger partial charge in [0.2, 0.25) is 0 Å². The number of nitrogens with zero attached hydrogens (tertiary/aromatic N) is 1. The van der Waals surface area contributed by atoms with Crippen LogP contribution in [0, 0.1) is 0 Å². The van der Waals surface area contributed by atoms with E-state index in [1.54, 1.807) is 0 Å². The number of allylic oxidation sites excluding steroid dienone is 4. The second-order valence-electron chi connectivity index (χ2n) is 13.6. The first kappa shape index (κ1) is 42.4. The third-order valence-corrected chi connectivity index (χ3v) is 8.78. The molecule has 0 amide bonds. The van der Waals surface area contributed by atoms with Crippen molar-refractivity contribution in [3.63, 3.8) is 0 Å². The van der Waals surface area contributed by atoms with Crippen LogP contribution in [0.15, 0.2) is 24.3 Å². The molecule has 0 unspecified atom stereocenters. The van der Waals surface area contributed by atoms with Crippen molar-refractivity contribution in [2.45, 2.75) is 206 Å². The van der Waals surface area contributed by atoms with Crippen molar-refractivity contribution in [3.8, 4) is 0 Å². The van der Waals surface area contributed by atoms with E-state index in [-0.39, 0.29) is 0 Å². The van der Waals surface area contributed by atoms with Crippen LogP contribution in [0.4, 0.5) is 0 Å². The minimum Gasteiger partial charge on any atom is -0.365 e. The van der Waals surface area contributed by atoms with Crippen molar-refractivity contribution < 1.29 is 9.84 Å². The average molecular weight is 606 g/mol. The summed E-state index contributed by atoms with van der Waals surface area (Å²) in [4.78, 5) is 2.19. The smallest absolute Gasteiger partial charge is 0.165 e. The van der Waals surface area contributed by atoms with Crippen LogP contribution in [0.1, 0.15) is 200 Å². The second kappa shape index (κ2) is 34.2. The molecule has 0 aliphatic heterocycles. The van der Waals surface area contributed by atoms with E-state index in [0.717, 1.165) is 38.6 Å². The monoisotopic (exact) mass is 606 g/mol. The highest BCUT2D eigenvalue weighted by molar-refractivity contribution is 4.82. The van der Waals surface area contributed by atoms with E-state index in [9.17, 15) is 5.11 Å². The summed E-state index contributed by atoms with van der Waals surface area (Å²) >= 11 is 0. The van der Waals surface area contributed by atoms with Gasteiger partial charge in [-0.25, -0.2) is 0 Å². The topological polar surface area (TPSA) is 32.7 Å². The summed E-state index contributed by atoms with van der Waals surface area (Å²) in [5.74, 6) is -0.922. The summed E-state index contributed by atoms with van der Waals surface area (Å²) in [5.41, 5.74) is 0. The summed E-state index contributed by atoms with van der Waals surface area (Å²) in [6, 6.07) is 0. The van der Waals surface area contributed by atoms with Crippen LogP contribution in [0.5, 0.6) is 0 Å². The first-order chi connectivity index (χ1) is 21.0. The molecule has 0 fully saturated rings. The van der Waals surface area contributed by atoms with Gasteiger partial charge in [-0.15, -0.1) is 0 Å². The fourth-order valence-electron chi connectivity index (χ4n) is 5.86. The van der Waals surface area contributed by atoms with E-state index < -0.39 is 5.79 Å². The van der Waals surface area contributed by atoms with E-state index in [1.165, 1.54) is 154 Å². The number of rotatable bonds is 35. The fraction of sp³-hybridized carbons (Fsp3) is 0.900. The quantitative estimate of drug-likeness (QED) is 0.0443. The van der Waals surface area contributed by atoms with Crippen molar-refractivity contribution in [2.75, 3.05) is 27.2 Å². The zero-order valence-corrected chi connectivity index (χ0v) is 30.0.